The van der Waals surface area contributed by atoms with Gasteiger partial charge in [0.2, 0.25) is 10.0 Å². The standard InChI is InChI=1S/C13H30N4O3S/c1-5-21(18,19)17-9-8-16-13(14-4)15-7-6-10-20-11-12(2)3/h12,17H,5-11H2,1-4H3,(H2,14,15,16). The second-order valence-electron chi connectivity index (χ2n) is 5.05. The molecule has 0 aromatic rings. The summed E-state index contributed by atoms with van der Waals surface area (Å²) < 4.78 is 30.4. The smallest absolute Gasteiger partial charge is 0.211 e. The summed E-state index contributed by atoms with van der Waals surface area (Å²) in [6.07, 6.45) is 0.899. The van der Waals surface area contributed by atoms with Crippen molar-refractivity contribution in [2.45, 2.75) is 27.2 Å². The van der Waals surface area contributed by atoms with Gasteiger partial charge in [-0.2, -0.15) is 0 Å². The first-order valence-electron chi connectivity index (χ1n) is 7.41. The fraction of sp³-hybridized carbons (Fsp3) is 0.923. The van der Waals surface area contributed by atoms with Gasteiger partial charge in [0, 0.05) is 39.9 Å². The number of ether oxygens (including phenoxy) is 1. The van der Waals surface area contributed by atoms with E-state index >= 15 is 0 Å². The Morgan fingerprint density at radius 1 is 1.19 bits per heavy atom. The van der Waals surface area contributed by atoms with E-state index in [-0.39, 0.29) is 5.75 Å². The van der Waals surface area contributed by atoms with Crippen LogP contribution in [0.1, 0.15) is 27.2 Å². The Morgan fingerprint density at radius 3 is 2.43 bits per heavy atom. The van der Waals surface area contributed by atoms with Crippen LogP contribution in [-0.4, -0.2) is 60.0 Å². The van der Waals surface area contributed by atoms with Gasteiger partial charge in [-0.15, -0.1) is 0 Å². The van der Waals surface area contributed by atoms with Gasteiger partial charge in [0.25, 0.3) is 0 Å². The minimum absolute atomic E-state index is 0.0936. The van der Waals surface area contributed by atoms with Gasteiger partial charge in [-0.1, -0.05) is 13.8 Å². The molecule has 0 aliphatic heterocycles. The van der Waals surface area contributed by atoms with Crippen molar-refractivity contribution < 1.29 is 13.2 Å². The second-order valence-corrected chi connectivity index (χ2v) is 7.14. The molecule has 0 aromatic carbocycles. The minimum Gasteiger partial charge on any atom is -0.381 e. The summed E-state index contributed by atoms with van der Waals surface area (Å²) in [5.41, 5.74) is 0. The summed E-state index contributed by atoms with van der Waals surface area (Å²) in [5.74, 6) is 1.31. The van der Waals surface area contributed by atoms with E-state index in [0.717, 1.165) is 26.2 Å². The predicted octanol–water partition coefficient (Wildman–Crippen LogP) is 0.153. The Hall–Kier alpha value is -0.860. The summed E-state index contributed by atoms with van der Waals surface area (Å²) >= 11 is 0. The van der Waals surface area contributed by atoms with E-state index in [4.69, 9.17) is 4.74 Å². The predicted molar refractivity (Wildman–Crippen MR) is 87.1 cm³/mol. The minimum atomic E-state index is -3.13. The molecule has 0 atom stereocenters. The monoisotopic (exact) mass is 322 g/mol. The van der Waals surface area contributed by atoms with E-state index in [1.165, 1.54) is 0 Å². The van der Waals surface area contributed by atoms with Gasteiger partial charge in [0.15, 0.2) is 5.96 Å². The van der Waals surface area contributed by atoms with Gasteiger partial charge < -0.3 is 15.4 Å². The fourth-order valence-corrected chi connectivity index (χ4v) is 2.03. The van der Waals surface area contributed by atoms with Crippen LogP contribution in [0.3, 0.4) is 0 Å². The third-order valence-corrected chi connectivity index (χ3v) is 3.96. The zero-order valence-electron chi connectivity index (χ0n) is 13.6. The van der Waals surface area contributed by atoms with Gasteiger partial charge in [-0.05, 0) is 19.3 Å². The maximum atomic E-state index is 11.2. The van der Waals surface area contributed by atoms with Crippen LogP contribution in [0, 0.1) is 5.92 Å². The van der Waals surface area contributed by atoms with Crippen molar-refractivity contribution in [3.63, 3.8) is 0 Å². The average Bonchev–Trinajstić information content (AvgIpc) is 2.44. The van der Waals surface area contributed by atoms with Crippen LogP contribution < -0.4 is 15.4 Å². The number of hydrogen-bond acceptors (Lipinski definition) is 4. The van der Waals surface area contributed by atoms with Gasteiger partial charge in [0.1, 0.15) is 0 Å². The Bertz CT molecular complexity index is 383. The number of sulfonamides is 1. The lowest BCUT2D eigenvalue weighted by Gasteiger charge is -2.12. The first-order chi connectivity index (χ1) is 9.91. The Morgan fingerprint density at radius 2 is 1.86 bits per heavy atom. The molecule has 0 saturated heterocycles. The maximum absolute atomic E-state index is 11.2. The molecule has 8 heteroatoms. The van der Waals surface area contributed by atoms with Crippen molar-refractivity contribution in [3.05, 3.63) is 0 Å². The number of aliphatic imine (C=N–C) groups is 1. The highest BCUT2D eigenvalue weighted by Crippen LogP contribution is 1.92. The second kappa shape index (κ2) is 11.8. The number of nitrogens with one attached hydrogen (secondary N) is 3. The average molecular weight is 322 g/mol. The molecule has 7 nitrogen and oxygen atoms in total. The molecule has 0 bridgehead atoms. The van der Waals surface area contributed by atoms with Crippen molar-refractivity contribution in [1.29, 1.82) is 0 Å². The van der Waals surface area contributed by atoms with E-state index in [1.54, 1.807) is 14.0 Å². The number of hydrogen-bond donors (Lipinski definition) is 3. The van der Waals surface area contributed by atoms with Crippen LogP contribution in [0.25, 0.3) is 0 Å². The summed E-state index contributed by atoms with van der Waals surface area (Å²) in [4.78, 5) is 4.06. The molecule has 0 unspecified atom stereocenters. The van der Waals surface area contributed by atoms with Crippen LogP contribution >= 0.6 is 0 Å². The molecule has 0 fully saturated rings. The molecule has 0 radical (unpaired) electrons. The van der Waals surface area contributed by atoms with Crippen molar-refractivity contribution in [2.24, 2.45) is 10.9 Å². The van der Waals surface area contributed by atoms with E-state index in [1.807, 2.05) is 0 Å². The Balaban J connectivity index is 3.64. The molecule has 0 aromatic heterocycles. The molecule has 3 N–H and O–H groups in total. The lowest BCUT2D eigenvalue weighted by Crippen LogP contribution is -2.42. The highest BCUT2D eigenvalue weighted by atomic mass is 32.2. The summed E-state index contributed by atoms with van der Waals surface area (Å²) in [5, 5.41) is 6.20. The quantitative estimate of drug-likeness (QED) is 0.286. The van der Waals surface area contributed by atoms with E-state index < -0.39 is 10.0 Å². The molecular weight excluding hydrogens is 292 g/mol. The van der Waals surface area contributed by atoms with E-state index in [0.29, 0.717) is 25.0 Å². The van der Waals surface area contributed by atoms with Crippen molar-refractivity contribution in [3.8, 4) is 0 Å². The van der Waals surface area contributed by atoms with Gasteiger partial charge >= 0.3 is 0 Å². The zero-order valence-corrected chi connectivity index (χ0v) is 14.4. The molecule has 0 spiro atoms. The molecule has 0 heterocycles. The normalized spacial score (nSPS) is 12.7. The molecule has 0 rings (SSSR count). The number of guanidine groups is 1. The molecule has 21 heavy (non-hydrogen) atoms. The van der Waals surface area contributed by atoms with Gasteiger partial charge in [0.05, 0.1) is 5.75 Å². The van der Waals surface area contributed by atoms with Crippen LogP contribution in [0.2, 0.25) is 0 Å². The van der Waals surface area contributed by atoms with Gasteiger partial charge in [-0.25, -0.2) is 13.1 Å². The third-order valence-electron chi connectivity index (χ3n) is 2.55. The summed E-state index contributed by atoms with van der Waals surface area (Å²) in [7, 11) is -1.44. The van der Waals surface area contributed by atoms with Crippen LogP contribution in [0.15, 0.2) is 4.99 Å². The highest BCUT2D eigenvalue weighted by Gasteiger charge is 2.04. The van der Waals surface area contributed by atoms with Crippen LogP contribution in [0.4, 0.5) is 0 Å². The van der Waals surface area contributed by atoms with E-state index in [2.05, 4.69) is 34.2 Å². The Kier molecular flexibility index (Phi) is 11.3. The van der Waals surface area contributed by atoms with Crippen LogP contribution in [-0.2, 0) is 14.8 Å². The lowest BCUT2D eigenvalue weighted by molar-refractivity contribution is 0.108. The molecule has 0 aliphatic carbocycles. The molecule has 0 saturated carbocycles. The lowest BCUT2D eigenvalue weighted by atomic mass is 10.2. The molecule has 0 aliphatic rings. The topological polar surface area (TPSA) is 91.8 Å². The van der Waals surface area contributed by atoms with Crippen molar-refractivity contribution >= 4 is 16.0 Å². The highest BCUT2D eigenvalue weighted by molar-refractivity contribution is 7.89. The number of rotatable bonds is 11. The first kappa shape index (κ1) is 20.1. The summed E-state index contributed by atoms with van der Waals surface area (Å²) in [6, 6.07) is 0. The molecule has 126 valence electrons. The summed E-state index contributed by atoms with van der Waals surface area (Å²) in [6.45, 7) is 8.95. The van der Waals surface area contributed by atoms with E-state index in [9.17, 15) is 8.42 Å². The third kappa shape index (κ3) is 12.6. The Labute approximate surface area is 129 Å². The zero-order chi connectivity index (χ0) is 16.1. The van der Waals surface area contributed by atoms with Crippen molar-refractivity contribution in [2.75, 3.05) is 45.6 Å². The SMILES string of the molecule is CCS(=O)(=O)NCCNC(=NC)NCCCOCC(C)C. The molecule has 0 amide bonds. The largest absolute Gasteiger partial charge is 0.381 e. The first-order valence-corrected chi connectivity index (χ1v) is 9.06. The molecular formula is C13H30N4O3S. The van der Waals surface area contributed by atoms with Crippen molar-refractivity contribution in [1.82, 2.24) is 15.4 Å². The maximum Gasteiger partial charge on any atom is 0.211 e. The van der Waals surface area contributed by atoms with Crippen LogP contribution in [0.5, 0.6) is 0 Å². The fourth-order valence-electron chi connectivity index (χ4n) is 1.41. The van der Waals surface area contributed by atoms with Gasteiger partial charge in [-0.3, -0.25) is 4.99 Å². The number of nitrogens with zero attached hydrogens (tertiary/aromatic N) is 1.